The van der Waals surface area contributed by atoms with Crippen LogP contribution in [0.15, 0.2) is 36.4 Å². The van der Waals surface area contributed by atoms with Gasteiger partial charge in [-0.1, -0.05) is 23.7 Å². The van der Waals surface area contributed by atoms with Gasteiger partial charge in [0, 0.05) is 16.7 Å². The second kappa shape index (κ2) is 4.63. The third-order valence-electron chi connectivity index (χ3n) is 2.88. The number of hydrogen-bond donors (Lipinski definition) is 1. The Balaban J connectivity index is 2.27. The maximum atomic E-state index is 13.1. The highest BCUT2D eigenvalue weighted by Crippen LogP contribution is 2.32. The Bertz CT molecular complexity index is 809. The number of alkyl halides is 3. The fourth-order valence-electron chi connectivity index (χ4n) is 1.96. The highest BCUT2D eigenvalue weighted by Gasteiger charge is 2.35. The van der Waals surface area contributed by atoms with Crippen molar-refractivity contribution in [3.63, 3.8) is 0 Å². The second-order valence-electron chi connectivity index (χ2n) is 4.37. The molecule has 4 nitrogen and oxygen atoms in total. The van der Waals surface area contributed by atoms with Crippen molar-refractivity contribution in [1.82, 2.24) is 14.6 Å². The van der Waals surface area contributed by atoms with Gasteiger partial charge in [0.15, 0.2) is 11.3 Å². The molecule has 0 aliphatic carbocycles. The number of fused-ring (bicyclic) bond motifs is 1. The van der Waals surface area contributed by atoms with Crippen LogP contribution < -0.4 is 5.73 Å². The molecule has 0 saturated carbocycles. The molecule has 0 aliphatic heterocycles. The van der Waals surface area contributed by atoms with E-state index >= 15 is 0 Å². The average molecular weight is 313 g/mol. The van der Waals surface area contributed by atoms with Crippen molar-refractivity contribution < 1.29 is 13.2 Å². The summed E-state index contributed by atoms with van der Waals surface area (Å²) in [5, 5.41) is 4.11. The number of hydrogen-bond acceptors (Lipinski definition) is 3. The van der Waals surface area contributed by atoms with E-state index in [-0.39, 0.29) is 17.2 Å². The average Bonchev–Trinajstić information content (AvgIpc) is 2.77. The van der Waals surface area contributed by atoms with Crippen molar-refractivity contribution in [3.8, 4) is 11.3 Å². The Morgan fingerprint density at radius 2 is 1.76 bits per heavy atom. The van der Waals surface area contributed by atoms with E-state index in [1.807, 2.05) is 0 Å². The van der Waals surface area contributed by atoms with Gasteiger partial charge in [-0.25, -0.2) is 9.50 Å². The summed E-state index contributed by atoms with van der Waals surface area (Å²) in [5.74, 6) is -0.0266. The molecule has 0 unspecified atom stereocenters. The predicted octanol–water partition coefficient (Wildman–Crippen LogP) is 3.65. The van der Waals surface area contributed by atoms with Crippen molar-refractivity contribution in [2.45, 2.75) is 6.18 Å². The minimum Gasteiger partial charge on any atom is -0.382 e. The Morgan fingerprint density at radius 1 is 1.10 bits per heavy atom. The number of halogens is 4. The van der Waals surface area contributed by atoms with E-state index < -0.39 is 11.9 Å². The quantitative estimate of drug-likeness (QED) is 0.746. The summed E-state index contributed by atoms with van der Waals surface area (Å²) in [6.07, 6.45) is -4.57. The summed E-state index contributed by atoms with van der Waals surface area (Å²) < 4.78 is 40.1. The summed E-state index contributed by atoms with van der Waals surface area (Å²) in [6, 6.07) is 8.58. The number of rotatable bonds is 1. The van der Waals surface area contributed by atoms with E-state index in [1.165, 1.54) is 6.07 Å². The molecule has 0 spiro atoms. The highest BCUT2D eigenvalue weighted by atomic mass is 35.5. The molecule has 2 N–H and O–H groups in total. The molecule has 21 heavy (non-hydrogen) atoms. The van der Waals surface area contributed by atoms with Gasteiger partial charge in [0.1, 0.15) is 5.82 Å². The van der Waals surface area contributed by atoms with Crippen LogP contribution in [0.3, 0.4) is 0 Å². The lowest BCUT2D eigenvalue weighted by Crippen LogP contribution is -2.13. The standard InChI is InChI=1S/C13H8ClF3N4/c14-8-3-1-7(2-4-8)9-5-10(13(15,16)17)21-12(19-9)6-11(18)20-21/h1-6H,(H2,18,20). The molecule has 0 aliphatic rings. The van der Waals surface area contributed by atoms with Gasteiger partial charge in [-0.3, -0.25) is 0 Å². The van der Waals surface area contributed by atoms with Gasteiger partial charge in [0.05, 0.1) is 5.69 Å². The molecule has 0 radical (unpaired) electrons. The minimum atomic E-state index is -4.57. The summed E-state index contributed by atoms with van der Waals surface area (Å²) >= 11 is 5.77. The predicted molar refractivity (Wildman–Crippen MR) is 72.8 cm³/mol. The van der Waals surface area contributed by atoms with Crippen LogP contribution in [0.1, 0.15) is 5.69 Å². The minimum absolute atomic E-state index is 0.0266. The lowest BCUT2D eigenvalue weighted by atomic mass is 10.1. The fraction of sp³-hybridized carbons (Fsp3) is 0.0769. The van der Waals surface area contributed by atoms with Crippen molar-refractivity contribution >= 4 is 23.1 Å². The smallest absolute Gasteiger partial charge is 0.382 e. The van der Waals surface area contributed by atoms with Crippen LogP contribution >= 0.6 is 11.6 Å². The van der Waals surface area contributed by atoms with Gasteiger partial charge in [0.25, 0.3) is 0 Å². The van der Waals surface area contributed by atoms with E-state index in [1.54, 1.807) is 24.3 Å². The summed E-state index contributed by atoms with van der Waals surface area (Å²) in [6.45, 7) is 0. The zero-order chi connectivity index (χ0) is 15.2. The van der Waals surface area contributed by atoms with Crippen LogP contribution in [0.25, 0.3) is 16.9 Å². The van der Waals surface area contributed by atoms with Gasteiger partial charge >= 0.3 is 6.18 Å². The molecule has 1 aromatic carbocycles. The number of anilines is 1. The third kappa shape index (κ3) is 2.52. The summed E-state index contributed by atoms with van der Waals surface area (Å²) in [5.41, 5.74) is 5.25. The molecule has 2 aromatic heterocycles. The van der Waals surface area contributed by atoms with Crippen LogP contribution in [0.2, 0.25) is 5.02 Å². The zero-order valence-corrected chi connectivity index (χ0v) is 11.2. The van der Waals surface area contributed by atoms with Gasteiger partial charge in [0.2, 0.25) is 0 Å². The molecule has 2 heterocycles. The van der Waals surface area contributed by atoms with Gasteiger partial charge in [-0.2, -0.15) is 13.2 Å². The van der Waals surface area contributed by atoms with Crippen molar-refractivity contribution in [3.05, 3.63) is 47.1 Å². The van der Waals surface area contributed by atoms with E-state index in [4.69, 9.17) is 17.3 Å². The van der Waals surface area contributed by atoms with Crippen molar-refractivity contribution in [1.29, 1.82) is 0 Å². The zero-order valence-electron chi connectivity index (χ0n) is 10.4. The van der Waals surface area contributed by atoms with Crippen LogP contribution in [-0.2, 0) is 6.18 Å². The van der Waals surface area contributed by atoms with Gasteiger partial charge < -0.3 is 5.73 Å². The molecule has 108 valence electrons. The highest BCUT2D eigenvalue weighted by molar-refractivity contribution is 6.30. The maximum absolute atomic E-state index is 13.1. The second-order valence-corrected chi connectivity index (χ2v) is 4.81. The van der Waals surface area contributed by atoms with Crippen LogP contribution in [0, 0.1) is 0 Å². The largest absolute Gasteiger partial charge is 0.433 e. The number of nitrogen functional groups attached to an aromatic ring is 1. The molecular formula is C13H8ClF3N4. The van der Waals surface area contributed by atoms with Crippen molar-refractivity contribution in [2.75, 3.05) is 5.73 Å². The van der Waals surface area contributed by atoms with Gasteiger partial charge in [-0.05, 0) is 18.2 Å². The van der Waals surface area contributed by atoms with Crippen molar-refractivity contribution in [2.24, 2.45) is 0 Å². The van der Waals surface area contributed by atoms with Crippen LogP contribution in [0.5, 0.6) is 0 Å². The van der Waals surface area contributed by atoms with E-state index in [0.29, 0.717) is 15.1 Å². The SMILES string of the molecule is Nc1cc2nc(-c3ccc(Cl)cc3)cc(C(F)(F)F)n2n1. The Hall–Kier alpha value is -2.28. The Labute approximate surface area is 122 Å². The molecular weight excluding hydrogens is 305 g/mol. The monoisotopic (exact) mass is 312 g/mol. The number of aromatic nitrogens is 3. The first kappa shape index (κ1) is 13.7. The lowest BCUT2D eigenvalue weighted by Gasteiger charge is -2.10. The van der Waals surface area contributed by atoms with Crippen LogP contribution in [-0.4, -0.2) is 14.6 Å². The summed E-state index contributed by atoms with van der Waals surface area (Å²) in [4.78, 5) is 4.15. The molecule has 0 atom stereocenters. The van der Waals surface area contributed by atoms with E-state index in [9.17, 15) is 13.2 Å². The summed E-state index contributed by atoms with van der Waals surface area (Å²) in [7, 11) is 0. The third-order valence-corrected chi connectivity index (χ3v) is 3.13. The molecule has 0 fully saturated rings. The first-order valence-electron chi connectivity index (χ1n) is 5.84. The fourth-order valence-corrected chi connectivity index (χ4v) is 2.09. The Morgan fingerprint density at radius 3 is 2.38 bits per heavy atom. The topological polar surface area (TPSA) is 56.2 Å². The Kier molecular flexibility index (Phi) is 3.02. The van der Waals surface area contributed by atoms with E-state index in [2.05, 4.69) is 10.1 Å². The molecule has 8 heteroatoms. The first-order chi connectivity index (χ1) is 9.84. The molecule has 0 amide bonds. The number of nitrogens with zero attached hydrogens (tertiary/aromatic N) is 3. The maximum Gasteiger partial charge on any atom is 0.433 e. The first-order valence-corrected chi connectivity index (χ1v) is 6.22. The molecule has 0 bridgehead atoms. The number of benzene rings is 1. The van der Waals surface area contributed by atoms with E-state index in [0.717, 1.165) is 6.07 Å². The lowest BCUT2D eigenvalue weighted by molar-refractivity contribution is -0.142. The number of nitrogens with two attached hydrogens (primary N) is 1. The molecule has 3 aromatic rings. The molecule has 0 saturated heterocycles. The van der Waals surface area contributed by atoms with Crippen LogP contribution in [0.4, 0.5) is 19.0 Å². The normalized spacial score (nSPS) is 12.0. The van der Waals surface area contributed by atoms with Gasteiger partial charge in [-0.15, -0.1) is 5.10 Å². The molecule has 3 rings (SSSR count).